The molecule has 17 heavy (non-hydrogen) atoms. The SMILES string of the molecule is CCc1ncc(S(=O)(=O)NCc2ccoc2)[nH]1. The molecule has 2 aromatic rings. The van der Waals surface area contributed by atoms with Gasteiger partial charge >= 0.3 is 0 Å². The predicted molar refractivity (Wildman–Crippen MR) is 60.7 cm³/mol. The molecule has 0 atom stereocenters. The van der Waals surface area contributed by atoms with Gasteiger partial charge in [0, 0.05) is 18.5 Å². The molecule has 0 aliphatic carbocycles. The van der Waals surface area contributed by atoms with Gasteiger partial charge in [0.15, 0.2) is 5.03 Å². The van der Waals surface area contributed by atoms with Crippen molar-refractivity contribution in [1.82, 2.24) is 14.7 Å². The van der Waals surface area contributed by atoms with E-state index in [0.29, 0.717) is 12.2 Å². The standard InChI is InChI=1S/C10H13N3O3S/c1-2-9-11-6-10(13-9)17(14,15)12-5-8-3-4-16-7-8/h3-4,6-7,12H,2,5H2,1H3,(H,11,13). The average molecular weight is 255 g/mol. The lowest BCUT2D eigenvalue weighted by molar-refractivity contribution is 0.560. The molecule has 0 bridgehead atoms. The highest BCUT2D eigenvalue weighted by molar-refractivity contribution is 7.89. The Labute approximate surface area is 99.1 Å². The Morgan fingerprint density at radius 2 is 2.35 bits per heavy atom. The Balaban J connectivity index is 2.08. The zero-order chi connectivity index (χ0) is 12.3. The maximum absolute atomic E-state index is 11.8. The summed E-state index contributed by atoms with van der Waals surface area (Å²) >= 11 is 0. The number of imidazole rings is 1. The molecule has 6 nitrogen and oxygen atoms in total. The molecule has 0 aliphatic heterocycles. The number of nitrogens with one attached hydrogen (secondary N) is 2. The molecule has 2 rings (SSSR count). The third-order valence-electron chi connectivity index (χ3n) is 2.28. The van der Waals surface area contributed by atoms with E-state index in [1.165, 1.54) is 18.7 Å². The molecular weight excluding hydrogens is 242 g/mol. The number of nitrogens with zero attached hydrogens (tertiary/aromatic N) is 1. The Morgan fingerprint density at radius 1 is 1.53 bits per heavy atom. The lowest BCUT2D eigenvalue weighted by atomic mass is 10.4. The molecule has 2 aromatic heterocycles. The maximum atomic E-state index is 11.8. The summed E-state index contributed by atoms with van der Waals surface area (Å²) in [5.41, 5.74) is 0.767. The molecular formula is C10H13N3O3S. The van der Waals surface area contributed by atoms with Gasteiger partial charge in [-0.2, -0.15) is 0 Å². The fourth-order valence-electron chi connectivity index (χ4n) is 1.31. The molecule has 2 heterocycles. The van der Waals surface area contributed by atoms with E-state index in [-0.39, 0.29) is 11.6 Å². The van der Waals surface area contributed by atoms with Crippen LogP contribution in [0.3, 0.4) is 0 Å². The van der Waals surface area contributed by atoms with Gasteiger partial charge in [-0.15, -0.1) is 0 Å². The minimum absolute atomic E-state index is 0.0813. The Bertz CT molecular complexity index is 572. The number of aromatic nitrogens is 2. The minimum Gasteiger partial charge on any atom is -0.472 e. The van der Waals surface area contributed by atoms with E-state index in [1.54, 1.807) is 6.07 Å². The molecule has 0 saturated carbocycles. The van der Waals surface area contributed by atoms with Gasteiger partial charge < -0.3 is 9.40 Å². The van der Waals surface area contributed by atoms with Crippen molar-refractivity contribution in [3.8, 4) is 0 Å². The molecule has 0 amide bonds. The zero-order valence-electron chi connectivity index (χ0n) is 9.30. The van der Waals surface area contributed by atoms with Gasteiger partial charge in [-0.3, -0.25) is 0 Å². The smallest absolute Gasteiger partial charge is 0.257 e. The minimum atomic E-state index is -3.54. The Hall–Kier alpha value is -1.60. The summed E-state index contributed by atoms with van der Waals surface area (Å²) in [5, 5.41) is 0.0813. The first-order chi connectivity index (χ1) is 8.12. The zero-order valence-corrected chi connectivity index (χ0v) is 10.1. The van der Waals surface area contributed by atoms with E-state index in [4.69, 9.17) is 4.42 Å². The van der Waals surface area contributed by atoms with Crippen LogP contribution in [0.5, 0.6) is 0 Å². The van der Waals surface area contributed by atoms with Crippen LogP contribution >= 0.6 is 0 Å². The number of aryl methyl sites for hydroxylation is 1. The van der Waals surface area contributed by atoms with Crippen molar-refractivity contribution < 1.29 is 12.8 Å². The molecule has 0 unspecified atom stereocenters. The van der Waals surface area contributed by atoms with Crippen molar-refractivity contribution in [2.75, 3.05) is 0 Å². The summed E-state index contributed by atoms with van der Waals surface area (Å²) in [6, 6.07) is 1.70. The largest absolute Gasteiger partial charge is 0.472 e. The van der Waals surface area contributed by atoms with Gasteiger partial charge in [0.2, 0.25) is 0 Å². The summed E-state index contributed by atoms with van der Waals surface area (Å²) in [5.74, 6) is 0.647. The molecule has 0 radical (unpaired) electrons. The second-order valence-electron chi connectivity index (χ2n) is 3.50. The highest BCUT2D eigenvalue weighted by Gasteiger charge is 2.16. The molecule has 0 aromatic carbocycles. The van der Waals surface area contributed by atoms with Gasteiger partial charge in [-0.05, 0) is 6.07 Å². The number of rotatable bonds is 5. The highest BCUT2D eigenvalue weighted by atomic mass is 32.2. The summed E-state index contributed by atoms with van der Waals surface area (Å²) < 4.78 is 31.0. The summed E-state index contributed by atoms with van der Waals surface area (Å²) in [6.45, 7) is 2.09. The van der Waals surface area contributed by atoms with Gasteiger partial charge in [0.1, 0.15) is 5.82 Å². The van der Waals surface area contributed by atoms with Crippen molar-refractivity contribution in [2.45, 2.75) is 24.9 Å². The second-order valence-corrected chi connectivity index (χ2v) is 5.24. The van der Waals surface area contributed by atoms with E-state index in [1.807, 2.05) is 6.92 Å². The van der Waals surface area contributed by atoms with Crippen LogP contribution in [0.1, 0.15) is 18.3 Å². The quantitative estimate of drug-likeness (QED) is 0.835. The predicted octanol–water partition coefficient (Wildman–Crippen LogP) is 1.04. The fourth-order valence-corrected chi connectivity index (χ4v) is 2.26. The van der Waals surface area contributed by atoms with Crippen molar-refractivity contribution >= 4 is 10.0 Å². The van der Waals surface area contributed by atoms with Crippen LogP contribution in [0.15, 0.2) is 34.2 Å². The third-order valence-corrected chi connectivity index (χ3v) is 3.59. The van der Waals surface area contributed by atoms with Crippen LogP contribution in [0, 0.1) is 0 Å². The van der Waals surface area contributed by atoms with Crippen LogP contribution in [0.2, 0.25) is 0 Å². The number of hydrogen-bond donors (Lipinski definition) is 2. The average Bonchev–Trinajstić information content (AvgIpc) is 2.98. The van der Waals surface area contributed by atoms with Gasteiger partial charge in [0.25, 0.3) is 10.0 Å². The number of H-pyrrole nitrogens is 1. The van der Waals surface area contributed by atoms with Crippen molar-refractivity contribution in [2.24, 2.45) is 0 Å². The first-order valence-electron chi connectivity index (χ1n) is 5.16. The van der Waals surface area contributed by atoms with E-state index in [0.717, 1.165) is 5.56 Å². The van der Waals surface area contributed by atoms with Crippen molar-refractivity contribution in [3.05, 3.63) is 36.2 Å². The monoisotopic (exact) mass is 255 g/mol. The molecule has 7 heteroatoms. The van der Waals surface area contributed by atoms with E-state index in [9.17, 15) is 8.42 Å². The first-order valence-corrected chi connectivity index (χ1v) is 6.65. The molecule has 0 saturated heterocycles. The normalized spacial score (nSPS) is 11.8. The third kappa shape index (κ3) is 2.75. The van der Waals surface area contributed by atoms with Crippen LogP contribution < -0.4 is 4.72 Å². The van der Waals surface area contributed by atoms with Crippen molar-refractivity contribution in [3.63, 3.8) is 0 Å². The Morgan fingerprint density at radius 3 is 2.94 bits per heavy atom. The molecule has 0 fully saturated rings. The fraction of sp³-hybridized carbons (Fsp3) is 0.300. The lowest BCUT2D eigenvalue weighted by Gasteiger charge is -2.02. The van der Waals surface area contributed by atoms with Crippen LogP contribution in [-0.2, 0) is 23.0 Å². The van der Waals surface area contributed by atoms with Gasteiger partial charge in [-0.1, -0.05) is 6.92 Å². The molecule has 92 valence electrons. The topological polar surface area (TPSA) is 88.0 Å². The maximum Gasteiger partial charge on any atom is 0.257 e. The van der Waals surface area contributed by atoms with E-state index in [2.05, 4.69) is 14.7 Å². The molecule has 0 aliphatic rings. The summed E-state index contributed by atoms with van der Waals surface area (Å²) in [4.78, 5) is 6.70. The number of sulfonamides is 1. The van der Waals surface area contributed by atoms with E-state index >= 15 is 0 Å². The molecule has 2 N–H and O–H groups in total. The molecule has 0 spiro atoms. The Kier molecular flexibility index (Phi) is 3.30. The highest BCUT2D eigenvalue weighted by Crippen LogP contribution is 2.07. The van der Waals surface area contributed by atoms with Crippen LogP contribution in [-0.4, -0.2) is 18.4 Å². The van der Waals surface area contributed by atoms with E-state index < -0.39 is 10.0 Å². The van der Waals surface area contributed by atoms with Crippen LogP contribution in [0.25, 0.3) is 0 Å². The van der Waals surface area contributed by atoms with Gasteiger partial charge in [0.05, 0.1) is 18.7 Å². The summed E-state index contributed by atoms with van der Waals surface area (Å²) in [6.07, 6.45) is 4.97. The van der Waals surface area contributed by atoms with Crippen molar-refractivity contribution in [1.29, 1.82) is 0 Å². The number of hydrogen-bond acceptors (Lipinski definition) is 4. The summed E-state index contributed by atoms with van der Waals surface area (Å²) in [7, 11) is -3.54. The number of furan rings is 1. The first kappa shape index (κ1) is 11.9. The van der Waals surface area contributed by atoms with Gasteiger partial charge in [-0.25, -0.2) is 18.1 Å². The second kappa shape index (κ2) is 4.72. The lowest BCUT2D eigenvalue weighted by Crippen LogP contribution is -2.23. The number of aromatic amines is 1. The van der Waals surface area contributed by atoms with Crippen LogP contribution in [0.4, 0.5) is 0 Å².